The van der Waals surface area contributed by atoms with Crippen molar-refractivity contribution < 1.29 is 9.47 Å². The van der Waals surface area contributed by atoms with Crippen molar-refractivity contribution in [3.05, 3.63) is 46.0 Å². The highest BCUT2D eigenvalue weighted by Crippen LogP contribution is 2.23. The topological polar surface area (TPSA) is 101 Å². The number of rotatable bonds is 2. The van der Waals surface area contributed by atoms with Crippen molar-refractivity contribution in [3.63, 3.8) is 0 Å². The summed E-state index contributed by atoms with van der Waals surface area (Å²) in [6.45, 7) is 1.13. The first kappa shape index (κ1) is 12.5. The zero-order valence-corrected chi connectivity index (χ0v) is 10.4. The first-order valence-corrected chi connectivity index (χ1v) is 5.97. The predicted molar refractivity (Wildman–Crippen MR) is 67.4 cm³/mol. The van der Waals surface area contributed by atoms with Crippen molar-refractivity contribution in [2.45, 2.75) is 6.29 Å². The summed E-state index contributed by atoms with van der Waals surface area (Å²) in [5.74, 6) is 0.314. The Morgan fingerprint density at radius 2 is 2.05 bits per heavy atom. The second-order valence-electron chi connectivity index (χ2n) is 4.14. The van der Waals surface area contributed by atoms with Gasteiger partial charge in [-0.2, -0.15) is 5.26 Å². The first-order valence-electron chi connectivity index (χ1n) is 5.97. The number of aromatic amines is 1. The molecule has 100 valence electrons. The molecule has 0 saturated carbocycles. The number of hydrogen-bond donors (Lipinski definition) is 1. The van der Waals surface area contributed by atoms with Crippen LogP contribution < -0.4 is 5.56 Å². The maximum Gasteiger partial charge on any atom is 0.269 e. The molecular weight excluding hydrogens is 260 g/mol. The molecule has 7 nitrogen and oxygen atoms in total. The number of hydrogen-bond acceptors (Lipinski definition) is 6. The van der Waals surface area contributed by atoms with Gasteiger partial charge in [0.05, 0.1) is 19.4 Å². The van der Waals surface area contributed by atoms with Gasteiger partial charge in [0.1, 0.15) is 17.3 Å². The van der Waals surface area contributed by atoms with Crippen LogP contribution in [0.25, 0.3) is 11.5 Å². The van der Waals surface area contributed by atoms with E-state index >= 15 is 0 Å². The van der Waals surface area contributed by atoms with E-state index in [1.54, 1.807) is 24.4 Å². The van der Waals surface area contributed by atoms with Gasteiger partial charge in [-0.05, 0) is 6.07 Å². The highest BCUT2D eigenvalue weighted by atomic mass is 16.7. The second kappa shape index (κ2) is 5.21. The largest absolute Gasteiger partial charge is 0.346 e. The minimum atomic E-state index is -0.481. The monoisotopic (exact) mass is 270 g/mol. The van der Waals surface area contributed by atoms with E-state index in [0.717, 1.165) is 5.56 Å². The molecule has 0 aromatic carbocycles. The van der Waals surface area contributed by atoms with E-state index in [2.05, 4.69) is 15.0 Å². The Morgan fingerprint density at radius 1 is 1.25 bits per heavy atom. The second-order valence-corrected chi connectivity index (χ2v) is 4.14. The van der Waals surface area contributed by atoms with Gasteiger partial charge in [-0.15, -0.1) is 0 Å². The fourth-order valence-corrected chi connectivity index (χ4v) is 1.84. The molecule has 0 aliphatic carbocycles. The SMILES string of the molecule is N#Cc1cnc(-c2ccc(C3OCCO3)cn2)[nH]c1=O. The van der Waals surface area contributed by atoms with E-state index in [9.17, 15) is 4.79 Å². The summed E-state index contributed by atoms with van der Waals surface area (Å²) in [4.78, 5) is 22.3. The molecule has 0 spiro atoms. The minimum Gasteiger partial charge on any atom is -0.346 e. The Balaban J connectivity index is 1.89. The van der Waals surface area contributed by atoms with Crippen LogP contribution in [0.1, 0.15) is 17.4 Å². The Bertz CT molecular complexity index is 712. The zero-order valence-electron chi connectivity index (χ0n) is 10.4. The Kier molecular flexibility index (Phi) is 3.25. The molecule has 1 N–H and O–H groups in total. The van der Waals surface area contributed by atoms with E-state index in [1.807, 2.05) is 0 Å². The molecular formula is C13H10N4O3. The van der Waals surface area contributed by atoms with Crippen LogP contribution in [0.15, 0.2) is 29.3 Å². The predicted octanol–water partition coefficient (Wildman–Crippen LogP) is 0.749. The summed E-state index contributed by atoms with van der Waals surface area (Å²) in [5, 5.41) is 8.68. The van der Waals surface area contributed by atoms with Crippen molar-refractivity contribution in [1.82, 2.24) is 15.0 Å². The van der Waals surface area contributed by atoms with Crippen LogP contribution in [0.3, 0.4) is 0 Å². The third-order valence-electron chi connectivity index (χ3n) is 2.84. The summed E-state index contributed by atoms with van der Waals surface area (Å²) < 4.78 is 10.7. The standard InChI is InChI=1S/C13H10N4O3/c14-5-9-7-16-11(17-12(9)18)10-2-1-8(6-15-10)13-19-3-4-20-13/h1-2,6-7,13H,3-4H2,(H,16,17,18). The van der Waals surface area contributed by atoms with Gasteiger partial charge in [-0.3, -0.25) is 9.78 Å². The highest BCUT2D eigenvalue weighted by Gasteiger charge is 2.18. The van der Waals surface area contributed by atoms with Gasteiger partial charge >= 0.3 is 0 Å². The molecule has 20 heavy (non-hydrogen) atoms. The van der Waals surface area contributed by atoms with Crippen molar-refractivity contribution in [1.29, 1.82) is 5.26 Å². The third-order valence-corrected chi connectivity index (χ3v) is 2.84. The van der Waals surface area contributed by atoms with Crippen molar-refractivity contribution in [2.75, 3.05) is 13.2 Å². The minimum absolute atomic E-state index is 0.0295. The van der Waals surface area contributed by atoms with Gasteiger partial charge in [0.15, 0.2) is 12.1 Å². The summed E-state index contributed by atoms with van der Waals surface area (Å²) >= 11 is 0. The van der Waals surface area contributed by atoms with Gasteiger partial charge in [-0.25, -0.2) is 4.98 Å². The number of pyridine rings is 1. The van der Waals surface area contributed by atoms with Gasteiger partial charge < -0.3 is 14.5 Å². The van der Waals surface area contributed by atoms with E-state index in [4.69, 9.17) is 14.7 Å². The van der Waals surface area contributed by atoms with Crippen LogP contribution in [0.5, 0.6) is 0 Å². The lowest BCUT2D eigenvalue weighted by molar-refractivity contribution is -0.0443. The zero-order chi connectivity index (χ0) is 13.9. The molecule has 1 saturated heterocycles. The normalized spacial score (nSPS) is 15.2. The molecule has 7 heteroatoms. The molecule has 1 aliphatic heterocycles. The first-order chi connectivity index (χ1) is 9.78. The molecule has 0 radical (unpaired) electrons. The fourth-order valence-electron chi connectivity index (χ4n) is 1.84. The van der Waals surface area contributed by atoms with Crippen LogP contribution >= 0.6 is 0 Å². The molecule has 1 fully saturated rings. The van der Waals surface area contributed by atoms with Crippen molar-refractivity contribution >= 4 is 0 Å². The van der Waals surface area contributed by atoms with E-state index < -0.39 is 5.56 Å². The number of H-pyrrole nitrogens is 1. The summed E-state index contributed by atoms with van der Waals surface area (Å²) in [6.07, 6.45) is 2.46. The summed E-state index contributed by atoms with van der Waals surface area (Å²) in [7, 11) is 0. The average Bonchev–Trinajstić information content (AvgIpc) is 3.01. The number of ether oxygens (including phenoxy) is 2. The molecule has 2 aromatic heterocycles. The lowest BCUT2D eigenvalue weighted by Gasteiger charge is -2.08. The molecule has 0 unspecified atom stereocenters. The maximum atomic E-state index is 11.5. The van der Waals surface area contributed by atoms with E-state index in [-0.39, 0.29) is 11.9 Å². The number of nitrogens with zero attached hydrogens (tertiary/aromatic N) is 3. The quantitative estimate of drug-likeness (QED) is 0.864. The summed E-state index contributed by atoms with van der Waals surface area (Å²) in [6, 6.07) is 5.28. The molecule has 1 aliphatic rings. The van der Waals surface area contributed by atoms with Gasteiger partial charge in [0.25, 0.3) is 5.56 Å². The Labute approximate surface area is 113 Å². The van der Waals surface area contributed by atoms with E-state index in [1.165, 1.54) is 6.20 Å². The Morgan fingerprint density at radius 3 is 2.65 bits per heavy atom. The highest BCUT2D eigenvalue weighted by molar-refractivity contribution is 5.49. The molecule has 3 heterocycles. The third kappa shape index (κ3) is 2.30. The molecule has 0 bridgehead atoms. The van der Waals surface area contributed by atoms with E-state index in [0.29, 0.717) is 24.7 Å². The van der Waals surface area contributed by atoms with Gasteiger partial charge in [0, 0.05) is 11.8 Å². The average molecular weight is 270 g/mol. The van der Waals surface area contributed by atoms with Crippen LogP contribution in [0.4, 0.5) is 0 Å². The van der Waals surface area contributed by atoms with Crippen LogP contribution in [0.2, 0.25) is 0 Å². The van der Waals surface area contributed by atoms with Crippen LogP contribution in [-0.2, 0) is 9.47 Å². The van der Waals surface area contributed by atoms with Crippen molar-refractivity contribution in [2.24, 2.45) is 0 Å². The lowest BCUT2D eigenvalue weighted by Crippen LogP contribution is -2.12. The van der Waals surface area contributed by atoms with Crippen molar-refractivity contribution in [3.8, 4) is 17.6 Å². The maximum absolute atomic E-state index is 11.5. The fraction of sp³-hybridized carbons (Fsp3) is 0.231. The molecule has 2 aromatic rings. The van der Waals surface area contributed by atoms with Crippen LogP contribution in [0, 0.1) is 11.3 Å². The lowest BCUT2D eigenvalue weighted by atomic mass is 10.2. The number of aromatic nitrogens is 3. The molecule has 0 atom stereocenters. The Hall–Kier alpha value is -2.56. The van der Waals surface area contributed by atoms with Gasteiger partial charge in [0.2, 0.25) is 0 Å². The molecule has 3 rings (SSSR count). The van der Waals surface area contributed by atoms with Gasteiger partial charge in [-0.1, -0.05) is 6.07 Å². The van der Waals surface area contributed by atoms with Crippen LogP contribution in [-0.4, -0.2) is 28.2 Å². The smallest absolute Gasteiger partial charge is 0.269 e. The number of nitrogens with one attached hydrogen (secondary N) is 1. The number of nitriles is 1. The summed E-state index contributed by atoms with van der Waals surface area (Å²) in [5.41, 5.74) is 0.805. The molecule has 0 amide bonds.